The van der Waals surface area contributed by atoms with Gasteiger partial charge in [-0.2, -0.15) is 0 Å². The fraction of sp³-hybridized carbons (Fsp3) is 0.111. The number of hydrogen-bond acceptors (Lipinski definition) is 0. The smallest absolute Gasteiger partial charge is 0.0178 e. The molecule has 0 saturated carbocycles. The molecule has 27 heavy (non-hydrogen) atoms. The molecule has 0 fully saturated rings. The molecule has 4 rings (SSSR count). The summed E-state index contributed by atoms with van der Waals surface area (Å²) in [6.07, 6.45) is 0. The molecule has 4 aromatic rings. The maximum absolute atomic E-state index is 2.28. The molecule has 0 heterocycles. The number of rotatable bonds is 3. The van der Waals surface area contributed by atoms with Crippen molar-refractivity contribution < 1.29 is 0 Å². The Balaban J connectivity index is 1.67. The predicted octanol–water partition coefficient (Wildman–Crippen LogP) is 7.61. The second-order valence-corrected chi connectivity index (χ2v) is 7.40. The molecule has 0 atom stereocenters. The molecular weight excluding hydrogens is 324 g/mol. The van der Waals surface area contributed by atoms with Crippen molar-refractivity contribution in [3.8, 4) is 33.4 Å². The lowest BCUT2D eigenvalue weighted by Gasteiger charge is -2.09. The van der Waals surface area contributed by atoms with Crippen LogP contribution in [0, 0.1) is 20.8 Å². The summed E-state index contributed by atoms with van der Waals surface area (Å²) in [5, 5.41) is 0. The van der Waals surface area contributed by atoms with Crippen LogP contribution in [-0.2, 0) is 0 Å². The van der Waals surface area contributed by atoms with E-state index in [9.17, 15) is 0 Å². The summed E-state index contributed by atoms with van der Waals surface area (Å²) in [4.78, 5) is 0. The highest BCUT2D eigenvalue weighted by molar-refractivity contribution is 5.75. The van der Waals surface area contributed by atoms with E-state index in [0.29, 0.717) is 0 Å². The lowest BCUT2D eigenvalue weighted by atomic mass is 9.96. The number of aryl methyl sites for hydroxylation is 3. The van der Waals surface area contributed by atoms with Gasteiger partial charge in [0.15, 0.2) is 0 Å². The third kappa shape index (κ3) is 3.85. The van der Waals surface area contributed by atoms with Gasteiger partial charge in [0.2, 0.25) is 0 Å². The molecule has 0 nitrogen and oxygen atoms in total. The van der Waals surface area contributed by atoms with E-state index in [1.807, 2.05) is 0 Å². The van der Waals surface area contributed by atoms with Crippen LogP contribution in [0.2, 0.25) is 0 Å². The summed E-state index contributed by atoms with van der Waals surface area (Å²) < 4.78 is 0. The minimum atomic E-state index is 1.25. The molecule has 0 amide bonds. The van der Waals surface area contributed by atoms with Crippen LogP contribution in [0.25, 0.3) is 33.4 Å². The van der Waals surface area contributed by atoms with E-state index >= 15 is 0 Å². The van der Waals surface area contributed by atoms with E-state index in [-0.39, 0.29) is 0 Å². The van der Waals surface area contributed by atoms with Crippen molar-refractivity contribution in [2.75, 3.05) is 0 Å². The molecule has 0 unspecified atom stereocenters. The Morgan fingerprint density at radius 3 is 1.37 bits per heavy atom. The van der Waals surface area contributed by atoms with Gasteiger partial charge in [0, 0.05) is 0 Å². The molecular formula is C27H24. The predicted molar refractivity (Wildman–Crippen MR) is 117 cm³/mol. The summed E-state index contributed by atoms with van der Waals surface area (Å²) >= 11 is 0. The second-order valence-electron chi connectivity index (χ2n) is 7.40. The van der Waals surface area contributed by atoms with Gasteiger partial charge in [0.05, 0.1) is 0 Å². The molecule has 0 spiro atoms. The third-order valence-electron chi connectivity index (χ3n) is 4.99. The highest BCUT2D eigenvalue weighted by Gasteiger charge is 2.04. The molecule has 0 bridgehead atoms. The Labute approximate surface area is 162 Å². The first kappa shape index (κ1) is 17.3. The van der Waals surface area contributed by atoms with Crippen LogP contribution in [-0.4, -0.2) is 0 Å². The Hall–Kier alpha value is -3.12. The van der Waals surface area contributed by atoms with E-state index < -0.39 is 0 Å². The lowest BCUT2D eigenvalue weighted by molar-refractivity contribution is 1.38. The Kier molecular flexibility index (Phi) is 4.64. The standard InChI is InChI=1S/C27H24/c1-19-6-4-7-24(15-19)26-9-5-8-25(18-26)22-10-12-23(13-11-22)27-16-20(2)14-21(3)17-27/h4-18H,1-3H3. The number of hydrogen-bond donors (Lipinski definition) is 0. The highest BCUT2D eigenvalue weighted by atomic mass is 14.1. The van der Waals surface area contributed by atoms with Gasteiger partial charge in [-0.3, -0.25) is 0 Å². The zero-order chi connectivity index (χ0) is 18.8. The van der Waals surface area contributed by atoms with Crippen LogP contribution >= 0.6 is 0 Å². The average molecular weight is 348 g/mol. The van der Waals surface area contributed by atoms with Crippen molar-refractivity contribution in [2.24, 2.45) is 0 Å². The fourth-order valence-electron chi connectivity index (χ4n) is 3.70. The quantitative estimate of drug-likeness (QED) is 0.357. The van der Waals surface area contributed by atoms with Crippen LogP contribution in [0.4, 0.5) is 0 Å². The molecule has 0 aliphatic rings. The topological polar surface area (TPSA) is 0 Å². The molecule has 4 aromatic carbocycles. The van der Waals surface area contributed by atoms with Crippen molar-refractivity contribution in [1.29, 1.82) is 0 Å². The molecule has 0 aliphatic heterocycles. The highest BCUT2D eigenvalue weighted by Crippen LogP contribution is 2.29. The van der Waals surface area contributed by atoms with Gasteiger partial charge in [0.25, 0.3) is 0 Å². The van der Waals surface area contributed by atoms with Crippen molar-refractivity contribution in [3.05, 3.63) is 108 Å². The lowest BCUT2D eigenvalue weighted by Crippen LogP contribution is -1.85. The SMILES string of the molecule is Cc1cccc(-c2cccc(-c3ccc(-c4cc(C)cc(C)c4)cc3)c2)c1. The molecule has 0 saturated heterocycles. The van der Waals surface area contributed by atoms with Crippen LogP contribution in [0.15, 0.2) is 91.0 Å². The van der Waals surface area contributed by atoms with Crippen molar-refractivity contribution in [3.63, 3.8) is 0 Å². The van der Waals surface area contributed by atoms with Gasteiger partial charge in [-0.25, -0.2) is 0 Å². The Morgan fingerprint density at radius 2 is 0.778 bits per heavy atom. The van der Waals surface area contributed by atoms with Crippen molar-refractivity contribution in [2.45, 2.75) is 20.8 Å². The van der Waals surface area contributed by atoms with Gasteiger partial charge in [-0.05, 0) is 60.2 Å². The maximum Gasteiger partial charge on any atom is -0.0178 e. The monoisotopic (exact) mass is 348 g/mol. The molecule has 0 radical (unpaired) electrons. The van der Waals surface area contributed by atoms with Crippen LogP contribution in [0.1, 0.15) is 16.7 Å². The van der Waals surface area contributed by atoms with E-state index in [1.54, 1.807) is 0 Å². The largest absolute Gasteiger partial charge is 0.0614 e. The van der Waals surface area contributed by atoms with Crippen molar-refractivity contribution >= 4 is 0 Å². The van der Waals surface area contributed by atoms with E-state index in [4.69, 9.17) is 0 Å². The summed E-state index contributed by atoms with van der Waals surface area (Å²) in [7, 11) is 0. The van der Waals surface area contributed by atoms with Crippen LogP contribution in [0.3, 0.4) is 0 Å². The zero-order valence-electron chi connectivity index (χ0n) is 16.2. The van der Waals surface area contributed by atoms with Gasteiger partial charge in [-0.15, -0.1) is 0 Å². The maximum atomic E-state index is 2.28. The van der Waals surface area contributed by atoms with Crippen LogP contribution < -0.4 is 0 Å². The summed E-state index contributed by atoms with van der Waals surface area (Å²) in [5.74, 6) is 0. The third-order valence-corrected chi connectivity index (χ3v) is 4.99. The molecule has 0 N–H and O–H groups in total. The Bertz CT molecular complexity index is 1060. The van der Waals surface area contributed by atoms with Gasteiger partial charge >= 0.3 is 0 Å². The van der Waals surface area contributed by atoms with Crippen molar-refractivity contribution in [1.82, 2.24) is 0 Å². The molecule has 0 heteroatoms. The second kappa shape index (κ2) is 7.25. The fourth-order valence-corrected chi connectivity index (χ4v) is 3.70. The van der Waals surface area contributed by atoms with Gasteiger partial charge in [0.1, 0.15) is 0 Å². The first-order valence-corrected chi connectivity index (χ1v) is 9.45. The molecule has 132 valence electrons. The van der Waals surface area contributed by atoms with E-state index in [1.165, 1.54) is 50.1 Å². The Morgan fingerprint density at radius 1 is 0.333 bits per heavy atom. The first-order chi connectivity index (χ1) is 13.1. The normalized spacial score (nSPS) is 10.8. The molecule has 0 aliphatic carbocycles. The minimum absolute atomic E-state index is 1.25. The zero-order valence-corrected chi connectivity index (χ0v) is 16.2. The first-order valence-electron chi connectivity index (χ1n) is 9.45. The van der Waals surface area contributed by atoms with E-state index in [0.717, 1.165) is 0 Å². The van der Waals surface area contributed by atoms with Gasteiger partial charge in [-0.1, -0.05) is 102 Å². The van der Waals surface area contributed by atoms with Gasteiger partial charge < -0.3 is 0 Å². The molecule has 0 aromatic heterocycles. The minimum Gasteiger partial charge on any atom is -0.0614 e. The summed E-state index contributed by atoms with van der Waals surface area (Å²) in [5.41, 5.74) is 11.5. The summed E-state index contributed by atoms with van der Waals surface area (Å²) in [6, 6.07) is 33.1. The number of benzene rings is 4. The van der Waals surface area contributed by atoms with E-state index in [2.05, 4.69) is 112 Å². The average Bonchev–Trinajstić information content (AvgIpc) is 2.67. The summed E-state index contributed by atoms with van der Waals surface area (Å²) in [6.45, 7) is 6.45. The van der Waals surface area contributed by atoms with Crippen LogP contribution in [0.5, 0.6) is 0 Å².